The zero-order valence-corrected chi connectivity index (χ0v) is 16.4. The van der Waals surface area contributed by atoms with Crippen molar-refractivity contribution in [3.63, 3.8) is 0 Å². The first kappa shape index (κ1) is 18.4. The molecule has 0 N–H and O–H groups in total. The van der Waals surface area contributed by atoms with E-state index in [-0.39, 0.29) is 17.0 Å². The summed E-state index contributed by atoms with van der Waals surface area (Å²) >= 11 is 0. The van der Waals surface area contributed by atoms with E-state index in [0.717, 1.165) is 25.3 Å². The van der Waals surface area contributed by atoms with Crippen molar-refractivity contribution < 1.29 is 26.3 Å². The van der Waals surface area contributed by atoms with Gasteiger partial charge < -0.3 is 21.7 Å². The first-order valence-electron chi connectivity index (χ1n) is 8.73. The van der Waals surface area contributed by atoms with Crippen LogP contribution in [0, 0.1) is 0 Å². The van der Waals surface area contributed by atoms with Gasteiger partial charge >= 0.3 is 0 Å². The average molecular weight is 408 g/mol. The highest BCUT2D eigenvalue weighted by molar-refractivity contribution is 6.11. The highest BCUT2D eigenvalue weighted by Gasteiger charge is 2.27. The Morgan fingerprint density at radius 1 is 0.885 bits per heavy atom. The second kappa shape index (κ2) is 8.33. The molecule has 0 fully saturated rings. The van der Waals surface area contributed by atoms with Crippen LogP contribution < -0.4 is 21.7 Å². The lowest BCUT2D eigenvalue weighted by Gasteiger charge is -2.19. The van der Waals surface area contributed by atoms with Crippen molar-refractivity contribution in [2.75, 3.05) is 13.7 Å². The molecule has 0 unspecified atom stereocenters. The molecule has 0 saturated carbocycles. The van der Waals surface area contributed by atoms with E-state index in [1.807, 2.05) is 0 Å². The van der Waals surface area contributed by atoms with Crippen LogP contribution >= 0.6 is 0 Å². The Morgan fingerprint density at radius 3 is 2.27 bits per heavy atom. The molecule has 4 rings (SSSR count). The Hall–Kier alpha value is -2.39. The van der Waals surface area contributed by atoms with Crippen molar-refractivity contribution in [2.24, 2.45) is 0 Å². The second-order valence-electron chi connectivity index (χ2n) is 6.39. The van der Waals surface area contributed by atoms with Gasteiger partial charge in [0.2, 0.25) is 5.71 Å². The van der Waals surface area contributed by atoms with Crippen molar-refractivity contribution in [1.29, 1.82) is 0 Å². The zero-order valence-electron chi connectivity index (χ0n) is 14.9. The van der Waals surface area contributed by atoms with E-state index in [9.17, 15) is 0 Å². The lowest BCUT2D eigenvalue weighted by atomic mass is 9.92. The first-order valence-corrected chi connectivity index (χ1v) is 8.73. The van der Waals surface area contributed by atoms with E-state index in [1.165, 1.54) is 28.0 Å². The Kier molecular flexibility index (Phi) is 5.89. The summed E-state index contributed by atoms with van der Waals surface area (Å²) in [5.41, 5.74) is 6.60. The van der Waals surface area contributed by atoms with Gasteiger partial charge in [0, 0.05) is 17.5 Å². The van der Waals surface area contributed by atoms with Gasteiger partial charge in [0.1, 0.15) is 12.3 Å². The number of methoxy groups -OCH3 is 1. The van der Waals surface area contributed by atoms with E-state index in [1.54, 1.807) is 7.11 Å². The molecule has 0 saturated heterocycles. The van der Waals surface area contributed by atoms with Gasteiger partial charge in [0.05, 0.1) is 12.7 Å². The smallest absolute Gasteiger partial charge is 0.215 e. The predicted molar refractivity (Wildman–Crippen MR) is 102 cm³/mol. The minimum atomic E-state index is 0. The fourth-order valence-electron chi connectivity index (χ4n) is 3.57. The second-order valence-corrected chi connectivity index (χ2v) is 6.39. The van der Waals surface area contributed by atoms with E-state index in [0.29, 0.717) is 0 Å². The maximum Gasteiger partial charge on any atom is 0.215 e. The lowest BCUT2D eigenvalue weighted by Crippen LogP contribution is -3.00. The molecule has 1 aliphatic heterocycles. The molecule has 0 aliphatic carbocycles. The number of hydrogen-bond acceptors (Lipinski definition) is 1. The van der Waals surface area contributed by atoms with Gasteiger partial charge in [-0.05, 0) is 35.9 Å². The van der Waals surface area contributed by atoms with Crippen LogP contribution in [0.4, 0.5) is 0 Å². The summed E-state index contributed by atoms with van der Waals surface area (Å²) in [6.45, 7) is 1.94. The summed E-state index contributed by atoms with van der Waals surface area (Å²) in [5, 5.41) is 0. The van der Waals surface area contributed by atoms with Gasteiger partial charge in [-0.25, -0.2) is 4.58 Å². The van der Waals surface area contributed by atoms with Gasteiger partial charge in [-0.3, -0.25) is 0 Å². The largest absolute Gasteiger partial charge is 1.00 e. The predicted octanol–water partition coefficient (Wildman–Crippen LogP) is 1.31. The molecule has 0 radical (unpaired) electrons. The summed E-state index contributed by atoms with van der Waals surface area (Å²) in [4.78, 5) is 0. The summed E-state index contributed by atoms with van der Waals surface area (Å²) in [6, 6.07) is 27.8. The van der Waals surface area contributed by atoms with Gasteiger partial charge in [0.25, 0.3) is 0 Å². The third-order valence-corrected chi connectivity index (χ3v) is 4.80. The molecule has 3 heteroatoms. The third-order valence-electron chi connectivity index (χ3n) is 4.80. The Labute approximate surface area is 165 Å². The molecule has 0 bridgehead atoms. The SMILES string of the molecule is COc1ccc2c(c1)CC[N+](Cc1ccccc1)=C2c1ccccc1.[Br-]. The van der Waals surface area contributed by atoms with Crippen molar-refractivity contribution >= 4 is 5.71 Å². The van der Waals surface area contributed by atoms with E-state index < -0.39 is 0 Å². The average Bonchev–Trinajstić information content (AvgIpc) is 2.69. The van der Waals surface area contributed by atoms with E-state index in [4.69, 9.17) is 4.74 Å². The third kappa shape index (κ3) is 3.73. The zero-order chi connectivity index (χ0) is 17.1. The van der Waals surface area contributed by atoms with Crippen molar-refractivity contribution in [1.82, 2.24) is 0 Å². The molecule has 0 spiro atoms. The Balaban J connectivity index is 0.00000196. The molecule has 1 heterocycles. The molecule has 1 aliphatic rings. The van der Waals surface area contributed by atoms with Gasteiger partial charge in [-0.15, -0.1) is 0 Å². The molecule has 3 aromatic rings. The minimum Gasteiger partial charge on any atom is -1.00 e. The lowest BCUT2D eigenvalue weighted by molar-refractivity contribution is -0.544. The van der Waals surface area contributed by atoms with Crippen LogP contribution in [-0.2, 0) is 13.0 Å². The molecular formula is C23H22BrNO. The molecular weight excluding hydrogens is 386 g/mol. The summed E-state index contributed by atoms with van der Waals surface area (Å²) in [5.74, 6) is 0.933. The summed E-state index contributed by atoms with van der Waals surface area (Å²) in [6.07, 6.45) is 1.04. The van der Waals surface area contributed by atoms with Crippen LogP contribution in [0.5, 0.6) is 5.75 Å². The van der Waals surface area contributed by atoms with Crippen LogP contribution in [0.25, 0.3) is 0 Å². The Bertz CT molecular complexity index is 904. The highest BCUT2D eigenvalue weighted by Crippen LogP contribution is 2.25. The maximum absolute atomic E-state index is 5.42. The Morgan fingerprint density at radius 2 is 1.58 bits per heavy atom. The van der Waals surface area contributed by atoms with Gasteiger partial charge in [0.15, 0.2) is 6.54 Å². The summed E-state index contributed by atoms with van der Waals surface area (Å²) < 4.78 is 7.92. The molecule has 0 amide bonds. The van der Waals surface area contributed by atoms with Crippen molar-refractivity contribution in [3.05, 3.63) is 101 Å². The fourth-order valence-corrected chi connectivity index (χ4v) is 3.57. The standard InChI is InChI=1S/C23H22NO.BrH/c1-25-21-12-13-22-20(16-21)14-15-24(17-18-8-4-2-5-9-18)23(22)19-10-6-3-7-11-19;/h2-13,16H,14-15,17H2,1H3;1H/q+1;/p-1. The number of fused-ring (bicyclic) bond motifs is 1. The topological polar surface area (TPSA) is 12.2 Å². The number of nitrogens with zero attached hydrogens (tertiary/aromatic N) is 1. The number of hydrogen-bond donors (Lipinski definition) is 0. The van der Waals surface area contributed by atoms with Crippen LogP contribution in [0.3, 0.4) is 0 Å². The number of benzene rings is 3. The van der Waals surface area contributed by atoms with Crippen LogP contribution in [-0.4, -0.2) is 23.9 Å². The molecule has 2 nitrogen and oxygen atoms in total. The number of ether oxygens (including phenoxy) is 1. The monoisotopic (exact) mass is 407 g/mol. The van der Waals surface area contributed by atoms with Gasteiger partial charge in [-0.1, -0.05) is 48.5 Å². The number of halogens is 1. The van der Waals surface area contributed by atoms with E-state index >= 15 is 0 Å². The number of rotatable bonds is 4. The molecule has 0 atom stereocenters. The fraction of sp³-hybridized carbons (Fsp3) is 0.174. The molecule has 0 aromatic heterocycles. The molecule has 132 valence electrons. The van der Waals surface area contributed by atoms with Crippen LogP contribution in [0.15, 0.2) is 78.9 Å². The van der Waals surface area contributed by atoms with Crippen LogP contribution in [0.1, 0.15) is 22.3 Å². The quantitative estimate of drug-likeness (QED) is 0.593. The molecule has 3 aromatic carbocycles. The van der Waals surface area contributed by atoms with Crippen molar-refractivity contribution in [3.8, 4) is 5.75 Å². The van der Waals surface area contributed by atoms with E-state index in [2.05, 4.69) is 83.4 Å². The first-order chi connectivity index (χ1) is 12.3. The highest BCUT2D eigenvalue weighted by atomic mass is 79.9. The minimum absolute atomic E-state index is 0. The van der Waals surface area contributed by atoms with Crippen LogP contribution in [0.2, 0.25) is 0 Å². The van der Waals surface area contributed by atoms with Gasteiger partial charge in [-0.2, -0.15) is 0 Å². The normalized spacial score (nSPS) is 13.0. The molecule has 26 heavy (non-hydrogen) atoms. The van der Waals surface area contributed by atoms with Crippen molar-refractivity contribution in [2.45, 2.75) is 13.0 Å². The maximum atomic E-state index is 5.42. The summed E-state index contributed by atoms with van der Waals surface area (Å²) in [7, 11) is 1.73.